The first kappa shape index (κ1) is 25.2. The third-order valence-electron chi connectivity index (χ3n) is 5.29. The molecule has 1 aromatic heterocycles. The van der Waals surface area contributed by atoms with Crippen LogP contribution in [0.2, 0.25) is 10.0 Å². The third kappa shape index (κ3) is 5.33. The van der Waals surface area contributed by atoms with Gasteiger partial charge in [0.1, 0.15) is 10.7 Å². The Labute approximate surface area is 207 Å². The van der Waals surface area contributed by atoms with Crippen molar-refractivity contribution >= 4 is 49.7 Å². The molecule has 0 saturated carbocycles. The van der Waals surface area contributed by atoms with Crippen molar-refractivity contribution in [1.29, 1.82) is 0 Å². The van der Waals surface area contributed by atoms with E-state index in [1.54, 1.807) is 6.07 Å². The summed E-state index contributed by atoms with van der Waals surface area (Å²) in [7, 11) is -4.21. The van der Waals surface area contributed by atoms with Gasteiger partial charge in [0.25, 0.3) is 0 Å². The predicted octanol–water partition coefficient (Wildman–Crippen LogP) is 5.71. The molecule has 2 heterocycles. The van der Waals surface area contributed by atoms with Crippen LogP contribution in [0.4, 0.5) is 22.7 Å². The minimum absolute atomic E-state index is 0.0435. The average Bonchev–Trinajstić information content (AvgIpc) is 3.24. The molecule has 1 aliphatic heterocycles. The Hall–Kier alpha value is -1.92. The molecule has 0 aliphatic carbocycles. The van der Waals surface area contributed by atoms with Crippen LogP contribution in [0.3, 0.4) is 0 Å². The first-order chi connectivity index (χ1) is 15.9. The van der Waals surface area contributed by atoms with Gasteiger partial charge in [-0.05, 0) is 35.9 Å². The summed E-state index contributed by atoms with van der Waals surface area (Å²) in [6, 6.07) is 6.80. The zero-order chi connectivity index (χ0) is 24.7. The number of alkyl halides is 3. The normalized spacial score (nSPS) is 15.6. The lowest BCUT2D eigenvalue weighted by Crippen LogP contribution is -2.48. The zero-order valence-electron chi connectivity index (χ0n) is 17.3. The topological polar surface area (TPSA) is 53.5 Å². The smallest absolute Gasteiger partial charge is 0.345 e. The largest absolute Gasteiger partial charge is 0.416 e. The van der Waals surface area contributed by atoms with Crippen LogP contribution in [0.1, 0.15) is 16.8 Å². The Kier molecular flexibility index (Phi) is 7.12. The lowest BCUT2D eigenvalue weighted by atomic mass is 10.1. The number of anilines is 1. The predicted molar refractivity (Wildman–Crippen MR) is 124 cm³/mol. The third-order valence-corrected chi connectivity index (χ3v) is 8.93. The summed E-state index contributed by atoms with van der Waals surface area (Å²) >= 11 is 13.0. The molecular formula is C21H17Cl2F4N3O2S2. The van der Waals surface area contributed by atoms with E-state index in [1.807, 2.05) is 10.3 Å². The molecule has 0 unspecified atom stereocenters. The highest BCUT2D eigenvalue weighted by molar-refractivity contribution is 7.89. The second-order valence-corrected chi connectivity index (χ2v) is 11.1. The fraction of sp³-hybridized carbons (Fsp3) is 0.286. The summed E-state index contributed by atoms with van der Waals surface area (Å²) in [5.74, 6) is -0.507. The van der Waals surface area contributed by atoms with Crippen molar-refractivity contribution in [3.63, 3.8) is 0 Å². The SMILES string of the molecule is O=S(=O)(c1cc(C(F)(F)F)ccc1Cl)N1CCN(c2nc(Cc3ccc(Cl)c(F)c3)cs2)CC1. The molecule has 1 aliphatic rings. The second-order valence-electron chi connectivity index (χ2n) is 7.58. The summed E-state index contributed by atoms with van der Waals surface area (Å²) in [5, 5.41) is 2.30. The second kappa shape index (κ2) is 9.62. The van der Waals surface area contributed by atoms with Gasteiger partial charge in [-0.15, -0.1) is 11.3 Å². The number of benzene rings is 2. The van der Waals surface area contributed by atoms with Gasteiger partial charge in [-0.25, -0.2) is 17.8 Å². The summed E-state index contributed by atoms with van der Waals surface area (Å²) in [6.45, 7) is 0.731. The van der Waals surface area contributed by atoms with Crippen molar-refractivity contribution in [2.24, 2.45) is 0 Å². The quantitative estimate of drug-likeness (QED) is 0.380. The molecule has 0 atom stereocenters. The number of hydrogen-bond donors (Lipinski definition) is 0. The minimum Gasteiger partial charge on any atom is -0.345 e. The molecule has 2 aromatic carbocycles. The molecule has 182 valence electrons. The fourth-order valence-electron chi connectivity index (χ4n) is 3.52. The highest BCUT2D eigenvalue weighted by atomic mass is 35.5. The van der Waals surface area contributed by atoms with Crippen LogP contribution in [-0.2, 0) is 22.6 Å². The molecule has 0 amide bonds. The molecule has 3 aromatic rings. The van der Waals surface area contributed by atoms with Crippen molar-refractivity contribution in [3.8, 4) is 0 Å². The maximum absolute atomic E-state index is 13.7. The molecule has 34 heavy (non-hydrogen) atoms. The highest BCUT2D eigenvalue weighted by Gasteiger charge is 2.35. The molecule has 0 spiro atoms. The van der Waals surface area contributed by atoms with E-state index >= 15 is 0 Å². The van der Waals surface area contributed by atoms with Crippen LogP contribution in [0.15, 0.2) is 46.7 Å². The number of nitrogens with zero attached hydrogens (tertiary/aromatic N) is 3. The molecule has 0 bridgehead atoms. The van der Waals surface area contributed by atoms with Gasteiger partial charge in [0, 0.05) is 38.0 Å². The number of rotatable bonds is 5. The Morgan fingerprint density at radius 3 is 2.32 bits per heavy atom. The molecule has 13 heteroatoms. The lowest BCUT2D eigenvalue weighted by Gasteiger charge is -2.34. The van der Waals surface area contributed by atoms with E-state index in [0.717, 1.165) is 22.1 Å². The Morgan fingerprint density at radius 1 is 1.00 bits per heavy atom. The summed E-state index contributed by atoms with van der Waals surface area (Å²) in [5.41, 5.74) is 0.366. The number of sulfonamides is 1. The maximum Gasteiger partial charge on any atom is 0.416 e. The molecule has 5 nitrogen and oxygen atoms in total. The fourth-order valence-corrected chi connectivity index (χ4v) is 6.44. The van der Waals surface area contributed by atoms with Crippen LogP contribution in [-0.4, -0.2) is 43.9 Å². The molecule has 1 saturated heterocycles. The summed E-state index contributed by atoms with van der Waals surface area (Å²) in [6.07, 6.45) is -4.28. The van der Waals surface area contributed by atoms with Crippen molar-refractivity contribution in [3.05, 3.63) is 74.5 Å². The standard InChI is InChI=1S/C21H17Cl2F4N3O2S2/c22-16-3-1-13(10-18(16)24)9-15-12-33-20(28-15)29-5-7-30(8-6-29)34(31,32)19-11-14(21(25,26)27)2-4-17(19)23/h1-4,10-12H,5-9H2. The molecule has 0 N–H and O–H groups in total. The van der Waals surface area contributed by atoms with Crippen molar-refractivity contribution < 1.29 is 26.0 Å². The van der Waals surface area contributed by atoms with Gasteiger partial charge in [-0.2, -0.15) is 17.5 Å². The minimum atomic E-state index is -4.69. The van der Waals surface area contributed by atoms with Crippen molar-refractivity contribution in [1.82, 2.24) is 9.29 Å². The monoisotopic (exact) mass is 553 g/mol. The lowest BCUT2D eigenvalue weighted by molar-refractivity contribution is -0.137. The van der Waals surface area contributed by atoms with E-state index in [-0.39, 0.29) is 23.1 Å². The van der Waals surface area contributed by atoms with Crippen molar-refractivity contribution in [2.75, 3.05) is 31.1 Å². The zero-order valence-corrected chi connectivity index (χ0v) is 20.5. The molecule has 4 rings (SSSR count). The van der Waals surface area contributed by atoms with Gasteiger partial charge >= 0.3 is 6.18 Å². The molecule has 1 fully saturated rings. The van der Waals surface area contributed by atoms with Crippen LogP contribution in [0, 0.1) is 5.82 Å². The van der Waals surface area contributed by atoms with Crippen LogP contribution >= 0.6 is 34.5 Å². The first-order valence-electron chi connectivity index (χ1n) is 9.95. The Bertz CT molecular complexity index is 1310. The van der Waals surface area contributed by atoms with Gasteiger partial charge in [0.2, 0.25) is 10.0 Å². The Morgan fingerprint density at radius 2 is 1.68 bits per heavy atom. The van der Waals surface area contributed by atoms with Crippen LogP contribution in [0.25, 0.3) is 0 Å². The van der Waals surface area contributed by atoms with E-state index < -0.39 is 32.5 Å². The van der Waals surface area contributed by atoms with Gasteiger partial charge in [0.15, 0.2) is 5.13 Å². The van der Waals surface area contributed by atoms with E-state index in [4.69, 9.17) is 23.2 Å². The molecular weight excluding hydrogens is 537 g/mol. The van der Waals surface area contributed by atoms with Gasteiger partial charge in [-0.3, -0.25) is 0 Å². The van der Waals surface area contributed by atoms with Gasteiger partial charge in [-0.1, -0.05) is 29.3 Å². The number of hydrogen-bond acceptors (Lipinski definition) is 5. The number of thiazole rings is 1. The van der Waals surface area contributed by atoms with Crippen LogP contribution in [0.5, 0.6) is 0 Å². The maximum atomic E-state index is 13.7. The summed E-state index contributed by atoms with van der Waals surface area (Å²) < 4.78 is 79.9. The van der Waals surface area contributed by atoms with Crippen molar-refractivity contribution in [2.45, 2.75) is 17.5 Å². The van der Waals surface area contributed by atoms with Gasteiger partial charge < -0.3 is 4.90 Å². The highest BCUT2D eigenvalue weighted by Crippen LogP contribution is 2.35. The average molecular weight is 554 g/mol. The van der Waals surface area contributed by atoms with E-state index in [1.165, 1.54) is 23.5 Å². The van der Waals surface area contributed by atoms with Gasteiger partial charge in [0.05, 0.1) is 21.3 Å². The molecule has 0 radical (unpaired) electrons. The van der Waals surface area contributed by atoms with Crippen LogP contribution < -0.4 is 4.90 Å². The number of aromatic nitrogens is 1. The van der Waals surface area contributed by atoms with E-state index in [2.05, 4.69) is 4.98 Å². The Balaban J connectivity index is 1.44. The summed E-state index contributed by atoms with van der Waals surface area (Å²) in [4.78, 5) is 5.89. The number of piperazine rings is 1. The number of halogens is 6. The van der Waals surface area contributed by atoms with E-state index in [0.29, 0.717) is 36.3 Å². The van der Waals surface area contributed by atoms with E-state index in [9.17, 15) is 26.0 Å². The first-order valence-corrected chi connectivity index (χ1v) is 13.0.